The summed E-state index contributed by atoms with van der Waals surface area (Å²) < 4.78 is 2.10. The second kappa shape index (κ2) is 9.75. The number of fused-ring (bicyclic) bond motifs is 1. The van der Waals surface area contributed by atoms with Gasteiger partial charge in [-0.1, -0.05) is 0 Å². The number of quaternary nitrogens is 1. The van der Waals surface area contributed by atoms with Gasteiger partial charge in [-0.15, -0.1) is 0 Å². The summed E-state index contributed by atoms with van der Waals surface area (Å²) in [6.07, 6.45) is 7.25. The van der Waals surface area contributed by atoms with Crippen LogP contribution in [0, 0.1) is 12.8 Å². The number of aromatic nitrogens is 6. The number of hydrogen-bond donors (Lipinski definition) is 2. The predicted molar refractivity (Wildman–Crippen MR) is 138 cm³/mol. The lowest BCUT2D eigenvalue weighted by atomic mass is 10.1. The summed E-state index contributed by atoms with van der Waals surface area (Å²) in [6.45, 7) is 6.25. The van der Waals surface area contributed by atoms with Crippen LogP contribution >= 0.6 is 0 Å². The molecule has 3 atom stereocenters. The number of likely N-dealkylation sites (N-methyl/N-ethyl adjacent to an activating group) is 1. The Morgan fingerprint density at radius 1 is 1.19 bits per heavy atom. The van der Waals surface area contributed by atoms with Crippen molar-refractivity contribution in [2.45, 2.75) is 51.7 Å². The number of primary amides is 1. The van der Waals surface area contributed by atoms with E-state index < -0.39 is 11.9 Å². The van der Waals surface area contributed by atoms with E-state index in [-0.39, 0.29) is 22.3 Å². The molecule has 3 aromatic rings. The number of hydrogen-bond acceptors (Lipinski definition) is 9. The molecule has 0 bridgehead atoms. The number of carbonyl (C=O) groups excluding carboxylic acids is 2. The van der Waals surface area contributed by atoms with Gasteiger partial charge in [0.05, 0.1) is 24.1 Å². The van der Waals surface area contributed by atoms with Gasteiger partial charge < -0.3 is 20.5 Å². The third kappa shape index (κ3) is 4.66. The lowest BCUT2D eigenvalue weighted by molar-refractivity contribution is -0.858. The van der Waals surface area contributed by atoms with E-state index in [1.54, 1.807) is 12.4 Å². The third-order valence-electron chi connectivity index (χ3n) is 7.52. The Labute approximate surface area is 215 Å². The van der Waals surface area contributed by atoms with Crippen molar-refractivity contribution in [1.82, 2.24) is 34.4 Å². The predicted octanol–water partition coefficient (Wildman–Crippen LogP) is 0.965. The SMILES string of the molecule is CCn1c(-c2cnc(C)nc2)nc2c(NC3C[C@H](C(N)=O)[N+](CCN(C)C)(C(=O)C4CC4)C3)ncnc21. The summed E-state index contributed by atoms with van der Waals surface area (Å²) in [5, 5.41) is 3.50. The van der Waals surface area contributed by atoms with Crippen molar-refractivity contribution in [2.75, 3.05) is 39.0 Å². The minimum absolute atomic E-state index is 0.0214. The molecule has 3 aromatic heterocycles. The molecule has 12 heteroatoms. The monoisotopic (exact) mass is 507 g/mol. The highest BCUT2D eigenvalue weighted by molar-refractivity contribution is 5.87. The van der Waals surface area contributed by atoms with Crippen molar-refractivity contribution in [3.63, 3.8) is 0 Å². The molecule has 0 spiro atoms. The van der Waals surface area contributed by atoms with E-state index in [2.05, 4.69) is 25.3 Å². The Morgan fingerprint density at radius 2 is 1.92 bits per heavy atom. The molecule has 1 saturated carbocycles. The fourth-order valence-corrected chi connectivity index (χ4v) is 5.47. The normalized spacial score (nSPS) is 23.6. The van der Waals surface area contributed by atoms with Gasteiger partial charge in [-0.05, 0) is 40.8 Å². The first-order valence-corrected chi connectivity index (χ1v) is 12.9. The first kappa shape index (κ1) is 25.2. The van der Waals surface area contributed by atoms with Gasteiger partial charge in [-0.3, -0.25) is 4.79 Å². The van der Waals surface area contributed by atoms with E-state index in [4.69, 9.17) is 10.7 Å². The van der Waals surface area contributed by atoms with E-state index in [9.17, 15) is 9.59 Å². The fourth-order valence-electron chi connectivity index (χ4n) is 5.47. The maximum absolute atomic E-state index is 13.6. The van der Waals surface area contributed by atoms with Gasteiger partial charge in [-0.25, -0.2) is 34.2 Å². The third-order valence-corrected chi connectivity index (χ3v) is 7.52. The summed E-state index contributed by atoms with van der Waals surface area (Å²) in [4.78, 5) is 50.8. The highest BCUT2D eigenvalue weighted by Crippen LogP contribution is 2.39. The second-order valence-corrected chi connectivity index (χ2v) is 10.4. The Kier molecular flexibility index (Phi) is 6.63. The van der Waals surface area contributed by atoms with E-state index in [0.29, 0.717) is 61.2 Å². The van der Waals surface area contributed by atoms with Crippen LogP contribution in [0.15, 0.2) is 18.7 Å². The van der Waals surface area contributed by atoms with Gasteiger partial charge in [0.15, 0.2) is 23.0 Å². The molecule has 5 rings (SSSR count). The molecule has 196 valence electrons. The second-order valence-electron chi connectivity index (χ2n) is 10.4. The Balaban J connectivity index is 1.49. The van der Waals surface area contributed by atoms with Crippen molar-refractivity contribution in [1.29, 1.82) is 0 Å². The molecule has 1 aliphatic carbocycles. The van der Waals surface area contributed by atoms with Gasteiger partial charge >= 0.3 is 5.91 Å². The molecule has 2 fully saturated rings. The van der Waals surface area contributed by atoms with Crippen LogP contribution in [0.3, 0.4) is 0 Å². The Hall–Kier alpha value is -3.51. The number of imidazole rings is 1. The molecule has 2 unspecified atom stereocenters. The number of nitrogens with zero attached hydrogens (tertiary/aromatic N) is 8. The van der Waals surface area contributed by atoms with E-state index in [1.165, 1.54) is 6.33 Å². The lowest BCUT2D eigenvalue weighted by Crippen LogP contribution is -2.63. The summed E-state index contributed by atoms with van der Waals surface area (Å²) in [5.41, 5.74) is 8.02. The maximum Gasteiger partial charge on any atom is 0.317 e. The summed E-state index contributed by atoms with van der Waals surface area (Å²) in [6, 6.07) is -0.741. The molecule has 1 aliphatic heterocycles. The highest BCUT2D eigenvalue weighted by atomic mass is 16.2. The zero-order valence-corrected chi connectivity index (χ0v) is 21.9. The number of likely N-dealkylation sites (tertiary alicyclic amines) is 1. The summed E-state index contributed by atoms with van der Waals surface area (Å²) in [5.74, 6) is 1.70. The Bertz CT molecular complexity index is 1320. The van der Waals surface area contributed by atoms with Crippen LogP contribution < -0.4 is 11.1 Å². The maximum atomic E-state index is 13.6. The lowest BCUT2D eigenvalue weighted by Gasteiger charge is -2.37. The molecule has 12 nitrogen and oxygen atoms in total. The summed E-state index contributed by atoms with van der Waals surface area (Å²) >= 11 is 0. The van der Waals surface area contributed by atoms with Crippen molar-refractivity contribution in [3.8, 4) is 11.4 Å². The van der Waals surface area contributed by atoms with Crippen LogP contribution in [0.1, 0.15) is 32.0 Å². The first-order valence-electron chi connectivity index (χ1n) is 12.9. The van der Waals surface area contributed by atoms with Crippen LogP contribution in [-0.4, -0.2) is 96.5 Å². The van der Waals surface area contributed by atoms with Crippen LogP contribution in [0.25, 0.3) is 22.6 Å². The number of carbonyl (C=O) groups is 2. The van der Waals surface area contributed by atoms with E-state index >= 15 is 0 Å². The molecular weight excluding hydrogens is 472 g/mol. The van der Waals surface area contributed by atoms with E-state index in [1.807, 2.05) is 37.4 Å². The van der Waals surface area contributed by atoms with Gasteiger partial charge in [0.2, 0.25) is 0 Å². The Morgan fingerprint density at radius 3 is 2.54 bits per heavy atom. The number of anilines is 1. The van der Waals surface area contributed by atoms with Gasteiger partial charge in [0, 0.05) is 31.9 Å². The molecule has 0 aromatic carbocycles. The van der Waals surface area contributed by atoms with Crippen molar-refractivity contribution >= 4 is 28.8 Å². The number of amides is 2. The largest absolute Gasteiger partial charge is 0.364 e. The van der Waals surface area contributed by atoms with Crippen LogP contribution in [0.2, 0.25) is 0 Å². The van der Waals surface area contributed by atoms with Crippen LogP contribution in [0.4, 0.5) is 5.82 Å². The number of nitrogens with one attached hydrogen (secondary N) is 1. The average Bonchev–Trinajstić information content (AvgIpc) is 3.55. The molecule has 4 heterocycles. The van der Waals surface area contributed by atoms with Gasteiger partial charge in [-0.2, -0.15) is 0 Å². The van der Waals surface area contributed by atoms with Crippen molar-refractivity contribution < 1.29 is 14.1 Å². The minimum atomic E-state index is -0.573. The molecule has 3 N–H and O–H groups in total. The number of nitrogens with two attached hydrogens (primary N) is 1. The molecule has 37 heavy (non-hydrogen) atoms. The number of aryl methyl sites for hydroxylation is 2. The average molecular weight is 508 g/mol. The zero-order valence-electron chi connectivity index (χ0n) is 21.9. The smallest absolute Gasteiger partial charge is 0.317 e. The van der Waals surface area contributed by atoms with Crippen molar-refractivity contribution in [3.05, 3.63) is 24.5 Å². The number of rotatable bonds is 9. The molecular formula is C25H35N10O2+. The molecule has 1 saturated heterocycles. The minimum Gasteiger partial charge on any atom is -0.364 e. The standard InChI is InChI=1S/C25H34N10O2/c1-5-34-23(17-11-27-15(2)28-12-17)32-20-22(29-14-30-24(20)34)31-18-10-19(21(26)36)35(13-18,9-8-33(3)4)25(37)16-6-7-16/h11-12,14,16,18-19H,5-10,13H2,1-4H3,(H2-,26,29,30,31,36)/p+1/t18?,19-,35?/m1/s1. The quantitative estimate of drug-likeness (QED) is 0.405. The van der Waals surface area contributed by atoms with Gasteiger partial charge in [0.25, 0.3) is 5.91 Å². The van der Waals surface area contributed by atoms with Crippen molar-refractivity contribution in [2.24, 2.45) is 11.7 Å². The van der Waals surface area contributed by atoms with Crippen LogP contribution in [0.5, 0.6) is 0 Å². The highest BCUT2D eigenvalue weighted by Gasteiger charge is 2.58. The topological polar surface area (TPSA) is 145 Å². The summed E-state index contributed by atoms with van der Waals surface area (Å²) in [7, 11) is 3.95. The van der Waals surface area contributed by atoms with Gasteiger partial charge in [0.1, 0.15) is 24.5 Å². The molecule has 0 radical (unpaired) electrons. The molecule has 2 aliphatic rings. The first-order chi connectivity index (χ1) is 17.7. The molecule has 2 amide bonds. The van der Waals surface area contributed by atoms with Crippen LogP contribution in [-0.2, 0) is 16.1 Å². The fraction of sp³-hybridized carbons (Fsp3) is 0.560. The zero-order chi connectivity index (χ0) is 26.3. The van der Waals surface area contributed by atoms with E-state index in [0.717, 1.165) is 18.4 Å².